The van der Waals surface area contributed by atoms with Crippen LogP contribution in [0, 0.1) is 0 Å². The van der Waals surface area contributed by atoms with E-state index in [1.54, 1.807) is 0 Å². The third kappa shape index (κ3) is 4.47. The van der Waals surface area contributed by atoms with Gasteiger partial charge in [-0.1, -0.05) is 12.1 Å². The first-order chi connectivity index (χ1) is 10.7. The second-order valence-electron chi connectivity index (χ2n) is 6.20. The van der Waals surface area contributed by atoms with Crippen molar-refractivity contribution >= 4 is 29.2 Å². The number of nitrogens with two attached hydrogens (primary N) is 2. The molecule has 126 valence electrons. The Morgan fingerprint density at radius 1 is 1.35 bits per heavy atom. The molecule has 1 aromatic heterocycles. The summed E-state index contributed by atoms with van der Waals surface area (Å²) in [4.78, 5) is 15.4. The zero-order valence-corrected chi connectivity index (χ0v) is 14.0. The van der Waals surface area contributed by atoms with Crippen molar-refractivity contribution in [2.45, 2.75) is 37.6 Å². The van der Waals surface area contributed by atoms with Gasteiger partial charge in [0, 0.05) is 23.5 Å². The molecule has 1 aliphatic carbocycles. The molecular weight excluding hydrogens is 312 g/mol. The molecule has 1 unspecified atom stereocenters. The minimum Gasteiger partial charge on any atom is -0.351 e. The molecule has 0 aliphatic heterocycles. The Labute approximate surface area is 142 Å². The highest BCUT2D eigenvalue weighted by atomic mass is 35.5. The highest BCUT2D eigenvalue weighted by molar-refractivity contribution is 5.98. The van der Waals surface area contributed by atoms with Gasteiger partial charge >= 0.3 is 0 Å². The van der Waals surface area contributed by atoms with Gasteiger partial charge in [-0.25, -0.2) is 0 Å². The number of hydrogen-bond donors (Lipinski definition) is 4. The molecule has 0 radical (unpaired) electrons. The lowest BCUT2D eigenvalue weighted by Gasteiger charge is -2.11. The molecule has 5 nitrogen and oxygen atoms in total. The van der Waals surface area contributed by atoms with Crippen molar-refractivity contribution < 1.29 is 4.79 Å². The molecule has 3 rings (SSSR count). The van der Waals surface area contributed by atoms with E-state index in [4.69, 9.17) is 11.5 Å². The Balaban J connectivity index is 0.00000192. The van der Waals surface area contributed by atoms with Gasteiger partial charge in [-0.3, -0.25) is 4.79 Å². The van der Waals surface area contributed by atoms with Crippen LogP contribution in [-0.2, 0) is 0 Å². The molecule has 1 amide bonds. The van der Waals surface area contributed by atoms with Crippen LogP contribution in [0.4, 0.5) is 0 Å². The van der Waals surface area contributed by atoms with E-state index < -0.39 is 0 Å². The summed E-state index contributed by atoms with van der Waals surface area (Å²) in [6.07, 6.45) is 4.27. The van der Waals surface area contributed by atoms with E-state index in [-0.39, 0.29) is 24.4 Å². The number of carbonyl (C=O) groups is 1. The second kappa shape index (κ2) is 7.81. The van der Waals surface area contributed by atoms with Crippen LogP contribution >= 0.6 is 12.4 Å². The number of nitrogens with one attached hydrogen (secondary N) is 2. The summed E-state index contributed by atoms with van der Waals surface area (Å²) < 4.78 is 0. The Kier molecular flexibility index (Phi) is 6.04. The predicted octanol–water partition coefficient (Wildman–Crippen LogP) is 2.26. The van der Waals surface area contributed by atoms with Gasteiger partial charge in [-0.05, 0) is 55.8 Å². The molecule has 1 aromatic carbocycles. The molecule has 1 aliphatic rings. The molecular formula is C17H25ClN4O. The minimum absolute atomic E-state index is 0. The van der Waals surface area contributed by atoms with E-state index in [1.165, 1.54) is 18.4 Å². The highest BCUT2D eigenvalue weighted by Crippen LogP contribution is 2.40. The molecule has 23 heavy (non-hydrogen) atoms. The normalized spacial score (nSPS) is 15.2. The lowest BCUT2D eigenvalue weighted by Crippen LogP contribution is -2.37. The van der Waals surface area contributed by atoms with Crippen LogP contribution in [0.25, 0.3) is 10.9 Å². The molecule has 1 saturated carbocycles. The van der Waals surface area contributed by atoms with Gasteiger partial charge in [0.1, 0.15) is 5.69 Å². The summed E-state index contributed by atoms with van der Waals surface area (Å²) >= 11 is 0. The van der Waals surface area contributed by atoms with E-state index in [0.717, 1.165) is 23.7 Å². The van der Waals surface area contributed by atoms with Crippen LogP contribution in [-0.4, -0.2) is 30.0 Å². The quantitative estimate of drug-likeness (QED) is 0.624. The fourth-order valence-corrected chi connectivity index (χ4v) is 2.74. The molecule has 6 heteroatoms. The lowest BCUT2D eigenvalue weighted by atomic mass is 10.1. The minimum atomic E-state index is -0.104. The molecule has 2 aromatic rings. The van der Waals surface area contributed by atoms with Crippen molar-refractivity contribution in [2.75, 3.05) is 13.1 Å². The number of benzene rings is 1. The van der Waals surface area contributed by atoms with Gasteiger partial charge in [0.15, 0.2) is 0 Å². The molecule has 1 atom stereocenters. The molecule has 0 spiro atoms. The number of carbonyl (C=O) groups excluding carboxylic acids is 1. The number of aromatic nitrogens is 1. The summed E-state index contributed by atoms with van der Waals surface area (Å²) in [6, 6.07) is 8.27. The Bertz CT molecular complexity index is 666. The van der Waals surface area contributed by atoms with Gasteiger partial charge in [0.25, 0.3) is 5.91 Å². The van der Waals surface area contributed by atoms with Crippen molar-refractivity contribution in [2.24, 2.45) is 11.5 Å². The van der Waals surface area contributed by atoms with Crippen LogP contribution in [0.15, 0.2) is 24.3 Å². The van der Waals surface area contributed by atoms with Gasteiger partial charge in [-0.2, -0.15) is 0 Å². The first-order valence-corrected chi connectivity index (χ1v) is 8.04. The van der Waals surface area contributed by atoms with Crippen LogP contribution in [0.2, 0.25) is 0 Å². The molecule has 0 saturated heterocycles. The van der Waals surface area contributed by atoms with E-state index in [0.29, 0.717) is 24.7 Å². The van der Waals surface area contributed by atoms with E-state index in [2.05, 4.69) is 28.5 Å². The van der Waals surface area contributed by atoms with Crippen LogP contribution in [0.3, 0.4) is 0 Å². The van der Waals surface area contributed by atoms with Gasteiger partial charge in [0.05, 0.1) is 0 Å². The number of rotatable bonds is 7. The van der Waals surface area contributed by atoms with Gasteiger partial charge in [0.2, 0.25) is 0 Å². The summed E-state index contributed by atoms with van der Waals surface area (Å²) in [5, 5.41) is 3.95. The van der Waals surface area contributed by atoms with E-state index >= 15 is 0 Å². The SMILES string of the molecule is Cl.NCCCC(N)CNC(=O)c1cc2ccc(C3CC3)cc2[nH]1. The van der Waals surface area contributed by atoms with Gasteiger partial charge in [-0.15, -0.1) is 12.4 Å². The maximum atomic E-state index is 12.2. The predicted molar refractivity (Wildman–Crippen MR) is 96.1 cm³/mol. The van der Waals surface area contributed by atoms with Crippen molar-refractivity contribution in [3.8, 4) is 0 Å². The Morgan fingerprint density at radius 2 is 2.13 bits per heavy atom. The maximum absolute atomic E-state index is 12.2. The summed E-state index contributed by atoms with van der Waals surface area (Å²) in [7, 11) is 0. The average molecular weight is 337 g/mol. The zero-order chi connectivity index (χ0) is 15.5. The van der Waals surface area contributed by atoms with E-state index in [1.807, 2.05) is 6.07 Å². The second-order valence-corrected chi connectivity index (χ2v) is 6.20. The topological polar surface area (TPSA) is 96.9 Å². The van der Waals surface area contributed by atoms with Crippen molar-refractivity contribution in [3.05, 3.63) is 35.5 Å². The fraction of sp³-hybridized carbons (Fsp3) is 0.471. The molecule has 1 heterocycles. The zero-order valence-electron chi connectivity index (χ0n) is 13.2. The number of H-pyrrole nitrogens is 1. The Hall–Kier alpha value is -1.56. The van der Waals surface area contributed by atoms with Crippen molar-refractivity contribution in [1.29, 1.82) is 0 Å². The fourth-order valence-electron chi connectivity index (χ4n) is 2.74. The first kappa shape index (κ1) is 17.8. The monoisotopic (exact) mass is 336 g/mol. The largest absolute Gasteiger partial charge is 0.351 e. The number of fused-ring (bicyclic) bond motifs is 1. The average Bonchev–Trinajstić information content (AvgIpc) is 3.29. The van der Waals surface area contributed by atoms with Gasteiger partial charge < -0.3 is 21.8 Å². The summed E-state index contributed by atoms with van der Waals surface area (Å²) in [6.45, 7) is 1.11. The Morgan fingerprint density at radius 3 is 2.83 bits per heavy atom. The highest BCUT2D eigenvalue weighted by Gasteiger charge is 2.23. The first-order valence-electron chi connectivity index (χ1n) is 8.04. The third-order valence-corrected chi connectivity index (χ3v) is 4.24. The molecule has 6 N–H and O–H groups in total. The third-order valence-electron chi connectivity index (χ3n) is 4.24. The lowest BCUT2D eigenvalue weighted by molar-refractivity contribution is 0.0946. The van der Waals surface area contributed by atoms with E-state index in [9.17, 15) is 4.79 Å². The molecule has 0 bridgehead atoms. The molecule has 1 fully saturated rings. The van der Waals surface area contributed by atoms with Crippen LogP contribution in [0.1, 0.15) is 47.7 Å². The summed E-state index contributed by atoms with van der Waals surface area (Å²) in [5.74, 6) is 0.609. The van der Waals surface area contributed by atoms with Crippen molar-refractivity contribution in [1.82, 2.24) is 10.3 Å². The number of halogens is 1. The van der Waals surface area contributed by atoms with Crippen LogP contribution < -0.4 is 16.8 Å². The number of hydrogen-bond acceptors (Lipinski definition) is 3. The maximum Gasteiger partial charge on any atom is 0.267 e. The number of aromatic amines is 1. The number of amides is 1. The van der Waals surface area contributed by atoms with Crippen LogP contribution in [0.5, 0.6) is 0 Å². The van der Waals surface area contributed by atoms with Crippen molar-refractivity contribution in [3.63, 3.8) is 0 Å². The summed E-state index contributed by atoms with van der Waals surface area (Å²) in [5.41, 5.74) is 14.4. The standard InChI is InChI=1S/C17H24N4O.ClH/c18-7-1-2-14(19)10-20-17(22)16-9-13-6-5-12(11-3-4-11)8-15(13)21-16;/h5-6,8-9,11,14,21H,1-4,7,10,18-19H2,(H,20,22);1H. The smallest absolute Gasteiger partial charge is 0.267 e.